The van der Waals surface area contributed by atoms with Crippen LogP contribution in [0.4, 0.5) is 10.5 Å². The fourth-order valence-electron chi connectivity index (χ4n) is 2.81. The molecular formula is C19H23N5O3. The van der Waals surface area contributed by atoms with Crippen LogP contribution in [0.5, 0.6) is 0 Å². The molecule has 1 aromatic carbocycles. The minimum atomic E-state index is -0.312. The summed E-state index contributed by atoms with van der Waals surface area (Å²) in [5.41, 5.74) is 1.98. The van der Waals surface area contributed by atoms with Gasteiger partial charge in [-0.3, -0.25) is 4.79 Å². The Hall–Kier alpha value is -3.16. The first-order valence-corrected chi connectivity index (χ1v) is 8.79. The number of rotatable bonds is 5. The van der Waals surface area contributed by atoms with Crippen molar-refractivity contribution in [1.82, 2.24) is 20.0 Å². The molecule has 2 aromatic heterocycles. The maximum atomic E-state index is 12.4. The van der Waals surface area contributed by atoms with Crippen LogP contribution in [0.15, 0.2) is 33.6 Å². The van der Waals surface area contributed by atoms with Crippen molar-refractivity contribution >= 4 is 22.6 Å². The van der Waals surface area contributed by atoms with Crippen molar-refractivity contribution in [3.05, 3.63) is 51.9 Å². The van der Waals surface area contributed by atoms with E-state index in [1.54, 1.807) is 25.2 Å². The molecule has 0 aliphatic carbocycles. The number of aryl methyl sites for hydroxylation is 1. The molecule has 2 amide bonds. The van der Waals surface area contributed by atoms with Gasteiger partial charge in [-0.05, 0) is 30.5 Å². The van der Waals surface area contributed by atoms with E-state index in [0.717, 1.165) is 17.4 Å². The zero-order valence-electron chi connectivity index (χ0n) is 15.9. The number of aromatic nitrogens is 3. The van der Waals surface area contributed by atoms with E-state index in [9.17, 15) is 9.59 Å². The van der Waals surface area contributed by atoms with Crippen molar-refractivity contribution in [2.24, 2.45) is 5.92 Å². The minimum absolute atomic E-state index is 0.172. The number of fused-ring (bicyclic) bond motifs is 1. The number of anilines is 1. The Morgan fingerprint density at radius 3 is 2.85 bits per heavy atom. The summed E-state index contributed by atoms with van der Waals surface area (Å²) in [5, 5.41) is 7.67. The number of carbonyl (C=O) groups excluding carboxylic acids is 1. The molecule has 0 atom stereocenters. The van der Waals surface area contributed by atoms with Crippen molar-refractivity contribution in [2.75, 3.05) is 12.4 Å². The largest absolute Gasteiger partial charge is 0.337 e. The first kappa shape index (κ1) is 18.6. The van der Waals surface area contributed by atoms with Crippen molar-refractivity contribution in [2.45, 2.75) is 33.7 Å². The smallest absolute Gasteiger partial charge is 0.322 e. The summed E-state index contributed by atoms with van der Waals surface area (Å²) in [6.07, 6.45) is 0.730. The molecule has 0 radical (unpaired) electrons. The molecule has 0 saturated heterocycles. The van der Waals surface area contributed by atoms with Crippen molar-refractivity contribution in [1.29, 1.82) is 0 Å². The molecule has 0 spiro atoms. The van der Waals surface area contributed by atoms with Gasteiger partial charge in [0, 0.05) is 30.6 Å². The third-order valence-corrected chi connectivity index (χ3v) is 4.12. The summed E-state index contributed by atoms with van der Waals surface area (Å²) in [6.45, 7) is 6.24. The zero-order chi connectivity index (χ0) is 19.6. The van der Waals surface area contributed by atoms with Crippen molar-refractivity contribution < 1.29 is 9.32 Å². The second-order valence-corrected chi connectivity index (χ2v) is 7.07. The van der Waals surface area contributed by atoms with E-state index in [1.165, 1.54) is 4.90 Å². The fourth-order valence-corrected chi connectivity index (χ4v) is 2.81. The summed E-state index contributed by atoms with van der Waals surface area (Å²) < 4.78 is 5.20. The lowest BCUT2D eigenvalue weighted by Crippen LogP contribution is -2.31. The van der Waals surface area contributed by atoms with Crippen LogP contribution in [0, 0.1) is 12.8 Å². The number of nitrogens with one attached hydrogen (secondary N) is 2. The lowest BCUT2D eigenvalue weighted by molar-refractivity contribution is 0.213. The van der Waals surface area contributed by atoms with E-state index in [4.69, 9.17) is 4.52 Å². The Morgan fingerprint density at radius 2 is 2.11 bits per heavy atom. The molecule has 0 fully saturated rings. The second-order valence-electron chi connectivity index (χ2n) is 7.07. The highest BCUT2D eigenvalue weighted by Crippen LogP contribution is 2.19. The van der Waals surface area contributed by atoms with E-state index >= 15 is 0 Å². The van der Waals surface area contributed by atoms with E-state index in [1.807, 2.05) is 13.0 Å². The molecule has 0 bridgehead atoms. The quantitative estimate of drug-likeness (QED) is 0.719. The number of H-pyrrole nitrogens is 1. The lowest BCUT2D eigenvalue weighted by Gasteiger charge is -2.16. The third kappa shape index (κ3) is 4.52. The zero-order valence-corrected chi connectivity index (χ0v) is 15.9. The van der Waals surface area contributed by atoms with Gasteiger partial charge in [-0.1, -0.05) is 25.1 Å². The maximum Gasteiger partial charge on any atom is 0.322 e. The highest BCUT2D eigenvalue weighted by molar-refractivity contribution is 5.93. The van der Waals surface area contributed by atoms with Gasteiger partial charge in [-0.2, -0.15) is 4.98 Å². The number of hydrogen-bond donors (Lipinski definition) is 2. The molecule has 0 saturated carbocycles. The number of benzene rings is 1. The predicted octanol–water partition coefficient (Wildman–Crippen LogP) is 3.08. The van der Waals surface area contributed by atoms with Gasteiger partial charge in [-0.25, -0.2) is 4.79 Å². The Labute approximate surface area is 156 Å². The first-order valence-electron chi connectivity index (χ1n) is 8.79. The molecule has 2 N–H and O–H groups in total. The third-order valence-electron chi connectivity index (χ3n) is 4.12. The van der Waals surface area contributed by atoms with Crippen LogP contribution in [0.1, 0.15) is 31.1 Å². The Bertz CT molecular complexity index is 1020. The van der Waals surface area contributed by atoms with E-state index in [0.29, 0.717) is 28.8 Å². The molecule has 0 aliphatic rings. The van der Waals surface area contributed by atoms with Gasteiger partial charge in [-0.15, -0.1) is 0 Å². The van der Waals surface area contributed by atoms with Gasteiger partial charge in [0.2, 0.25) is 11.4 Å². The molecule has 0 unspecified atom stereocenters. The van der Waals surface area contributed by atoms with Crippen molar-refractivity contribution in [3.63, 3.8) is 0 Å². The molecule has 3 aromatic rings. The molecule has 8 heteroatoms. The number of carbonyl (C=O) groups is 1. The van der Waals surface area contributed by atoms with Crippen LogP contribution in [0.3, 0.4) is 0 Å². The van der Waals surface area contributed by atoms with E-state index < -0.39 is 0 Å². The number of hydrogen-bond acceptors (Lipinski definition) is 5. The average Bonchev–Trinajstić information content (AvgIpc) is 3.00. The molecule has 0 aliphatic heterocycles. The van der Waals surface area contributed by atoms with Gasteiger partial charge < -0.3 is 19.7 Å². The topological polar surface area (TPSA) is 104 Å². The summed E-state index contributed by atoms with van der Waals surface area (Å²) >= 11 is 0. The van der Waals surface area contributed by atoms with Crippen molar-refractivity contribution in [3.8, 4) is 0 Å². The van der Waals surface area contributed by atoms with Crippen LogP contribution in [0.2, 0.25) is 0 Å². The summed E-state index contributed by atoms with van der Waals surface area (Å²) in [7, 11) is 1.65. The number of pyridine rings is 1. The van der Waals surface area contributed by atoms with Gasteiger partial charge in [0.15, 0.2) is 5.82 Å². The van der Waals surface area contributed by atoms with Crippen LogP contribution < -0.4 is 10.9 Å². The van der Waals surface area contributed by atoms with Gasteiger partial charge in [0.1, 0.15) is 6.54 Å². The normalized spacial score (nSPS) is 11.1. The van der Waals surface area contributed by atoms with Gasteiger partial charge in [0.25, 0.3) is 0 Å². The molecule has 142 valence electrons. The summed E-state index contributed by atoms with van der Waals surface area (Å²) in [6, 6.07) is 6.64. The van der Waals surface area contributed by atoms with Crippen LogP contribution in [-0.4, -0.2) is 33.1 Å². The molecule has 8 nitrogen and oxygen atoms in total. The van der Waals surface area contributed by atoms with Gasteiger partial charge >= 0.3 is 6.03 Å². The lowest BCUT2D eigenvalue weighted by atomic mass is 10.1. The second kappa shape index (κ2) is 7.61. The minimum Gasteiger partial charge on any atom is -0.337 e. The van der Waals surface area contributed by atoms with E-state index in [-0.39, 0.29) is 18.1 Å². The Kier molecular flexibility index (Phi) is 5.25. The summed E-state index contributed by atoms with van der Waals surface area (Å²) in [4.78, 5) is 32.6. The van der Waals surface area contributed by atoms with E-state index in [2.05, 4.69) is 34.3 Å². The first-order chi connectivity index (χ1) is 12.8. The predicted molar refractivity (Wildman–Crippen MR) is 103 cm³/mol. The molecule has 27 heavy (non-hydrogen) atoms. The molecular weight excluding hydrogens is 346 g/mol. The highest BCUT2D eigenvalue weighted by atomic mass is 16.5. The standard InChI is InChI=1S/C19H23N5O3/c1-11(2)7-16-22-18(27-23-16)10-24(4)19(26)20-13-5-6-14-12(3)8-17(25)21-15(14)9-13/h5-6,8-9,11H,7,10H2,1-4H3,(H,20,26)(H,21,25). The van der Waals surface area contributed by atoms with Gasteiger partial charge in [0.05, 0.1) is 5.52 Å². The SMILES string of the molecule is Cc1cc(=O)[nH]c2cc(NC(=O)N(C)Cc3nc(CC(C)C)no3)ccc12. The number of aromatic amines is 1. The molecule has 2 heterocycles. The monoisotopic (exact) mass is 369 g/mol. The maximum absolute atomic E-state index is 12.4. The average molecular weight is 369 g/mol. The van der Waals surface area contributed by atoms with Crippen LogP contribution >= 0.6 is 0 Å². The number of nitrogens with zero attached hydrogens (tertiary/aromatic N) is 3. The Morgan fingerprint density at radius 1 is 1.33 bits per heavy atom. The summed E-state index contributed by atoms with van der Waals surface area (Å²) in [5.74, 6) is 1.46. The molecule has 3 rings (SSSR count). The van der Waals surface area contributed by atoms with Crippen LogP contribution in [-0.2, 0) is 13.0 Å². The number of amides is 2. The highest BCUT2D eigenvalue weighted by Gasteiger charge is 2.15. The van der Waals surface area contributed by atoms with Crippen LogP contribution in [0.25, 0.3) is 10.9 Å². The fraction of sp³-hybridized carbons (Fsp3) is 0.368. The number of urea groups is 1. The Balaban J connectivity index is 1.68.